The van der Waals surface area contributed by atoms with Crippen molar-refractivity contribution >= 4 is 11.3 Å². The summed E-state index contributed by atoms with van der Waals surface area (Å²) in [6.45, 7) is 20.4. The maximum absolute atomic E-state index is 9.91. The van der Waals surface area contributed by atoms with Gasteiger partial charge in [0, 0.05) is 29.1 Å². The second-order valence-corrected chi connectivity index (χ2v) is 9.54. The molecule has 0 N–H and O–H groups in total. The molecule has 0 atom stereocenters. The number of nitriles is 2. The van der Waals surface area contributed by atoms with Crippen molar-refractivity contribution in [2.75, 3.05) is 11.4 Å². The number of hydrogen-bond donors (Lipinski definition) is 0. The minimum absolute atomic E-state index is 0.0338. The smallest absolute Gasteiger partial charge is 0.304 e. The molecule has 1 aromatic rings. The fraction of sp³-hybridized carbons (Fsp3) is 0.321. The van der Waals surface area contributed by atoms with Crippen LogP contribution in [-0.2, 0) is 4.74 Å². The minimum Gasteiger partial charge on any atom is -0.492 e. The van der Waals surface area contributed by atoms with Crippen LogP contribution in [0.5, 0.6) is 0 Å². The first kappa shape index (κ1) is 23.6. The van der Waals surface area contributed by atoms with Gasteiger partial charge >= 0.3 is 5.70 Å². The Bertz CT molecular complexity index is 1240. The lowest BCUT2D eigenvalue weighted by Crippen LogP contribution is -2.25. The number of fused-ring (bicyclic) bond motifs is 1. The Labute approximate surface area is 196 Å². The molecule has 0 bridgehead atoms. The molecule has 0 amide bonds. The lowest BCUT2D eigenvalue weighted by Gasteiger charge is -2.32. The van der Waals surface area contributed by atoms with Crippen LogP contribution in [0.3, 0.4) is 0 Å². The number of para-hydroxylation sites is 1. The first-order valence-electron chi connectivity index (χ1n) is 10.9. The molecule has 0 spiro atoms. The van der Waals surface area contributed by atoms with Crippen molar-refractivity contribution in [3.05, 3.63) is 93.8 Å². The molecule has 0 radical (unpaired) electrons. The largest absolute Gasteiger partial charge is 0.492 e. The van der Waals surface area contributed by atoms with Gasteiger partial charge in [-0.2, -0.15) is 5.26 Å². The highest BCUT2D eigenvalue weighted by molar-refractivity contribution is 5.90. The SMILES string of the molecule is [C-]#[N+]/C(C#N)=C1\OC(C)(C)C(/C=C2C=C(/C=C/C(C)(C)C)N(CC)c3ccccc3\2)=C1C#N. The van der Waals surface area contributed by atoms with E-state index in [2.05, 4.69) is 73.9 Å². The maximum Gasteiger partial charge on any atom is 0.304 e. The van der Waals surface area contributed by atoms with E-state index in [0.29, 0.717) is 5.57 Å². The predicted molar refractivity (Wildman–Crippen MR) is 131 cm³/mol. The van der Waals surface area contributed by atoms with E-state index >= 15 is 0 Å². The Morgan fingerprint density at radius 1 is 1.24 bits per heavy atom. The number of allylic oxidation sites excluding steroid dienone is 6. The zero-order chi connectivity index (χ0) is 24.4. The number of ether oxygens (including phenoxy) is 1. The predicted octanol–water partition coefficient (Wildman–Crippen LogP) is 6.68. The van der Waals surface area contributed by atoms with Crippen molar-refractivity contribution < 1.29 is 4.74 Å². The van der Waals surface area contributed by atoms with E-state index in [0.717, 1.165) is 29.1 Å². The lowest BCUT2D eigenvalue weighted by atomic mass is 9.89. The Morgan fingerprint density at radius 3 is 2.52 bits per heavy atom. The molecule has 0 saturated carbocycles. The van der Waals surface area contributed by atoms with Crippen LogP contribution in [-0.4, -0.2) is 12.1 Å². The minimum atomic E-state index is -0.855. The summed E-state index contributed by atoms with van der Waals surface area (Å²) in [4.78, 5) is 5.53. The highest BCUT2D eigenvalue weighted by Crippen LogP contribution is 2.44. The van der Waals surface area contributed by atoms with Crippen LogP contribution in [0.25, 0.3) is 10.4 Å². The summed E-state index contributed by atoms with van der Waals surface area (Å²) in [5, 5.41) is 19.3. The van der Waals surface area contributed by atoms with Gasteiger partial charge in [0.2, 0.25) is 0 Å². The number of hydrogen-bond acceptors (Lipinski definition) is 4. The Balaban J connectivity index is 2.30. The third kappa shape index (κ3) is 4.62. The van der Waals surface area contributed by atoms with Gasteiger partial charge in [-0.15, -0.1) is 0 Å². The average molecular weight is 437 g/mol. The number of rotatable bonds is 3. The highest BCUT2D eigenvalue weighted by atomic mass is 16.5. The van der Waals surface area contributed by atoms with Crippen molar-refractivity contribution in [3.63, 3.8) is 0 Å². The third-order valence-electron chi connectivity index (χ3n) is 5.54. The summed E-state index contributed by atoms with van der Waals surface area (Å²) in [5.74, 6) is 0.0583. The fourth-order valence-corrected chi connectivity index (χ4v) is 3.94. The molecule has 5 heteroatoms. The molecule has 0 aromatic heterocycles. The Hall–Kier alpha value is -4.01. The van der Waals surface area contributed by atoms with Crippen LogP contribution in [0.15, 0.2) is 76.9 Å². The molecular formula is C28H28N4O. The zero-order valence-electron chi connectivity index (χ0n) is 20.0. The van der Waals surface area contributed by atoms with Crippen LogP contribution in [0.2, 0.25) is 0 Å². The van der Waals surface area contributed by atoms with E-state index in [9.17, 15) is 10.5 Å². The van der Waals surface area contributed by atoms with Gasteiger partial charge in [0.05, 0.1) is 18.2 Å². The zero-order valence-corrected chi connectivity index (χ0v) is 20.0. The third-order valence-corrected chi connectivity index (χ3v) is 5.54. The van der Waals surface area contributed by atoms with Crippen molar-refractivity contribution in [2.45, 2.75) is 47.1 Å². The molecule has 0 fully saturated rings. The van der Waals surface area contributed by atoms with Gasteiger partial charge in [-0.05, 0) is 56.1 Å². The summed E-state index contributed by atoms with van der Waals surface area (Å²) in [7, 11) is 0. The fourth-order valence-electron chi connectivity index (χ4n) is 3.94. The second kappa shape index (κ2) is 8.85. The maximum atomic E-state index is 9.91. The van der Waals surface area contributed by atoms with E-state index in [4.69, 9.17) is 11.3 Å². The summed E-state index contributed by atoms with van der Waals surface area (Å²) in [6, 6.07) is 12.2. The van der Waals surface area contributed by atoms with Gasteiger partial charge in [0.25, 0.3) is 0 Å². The van der Waals surface area contributed by atoms with Crippen molar-refractivity contribution in [3.8, 4) is 12.1 Å². The van der Waals surface area contributed by atoms with Gasteiger partial charge in [0.1, 0.15) is 11.7 Å². The first-order valence-corrected chi connectivity index (χ1v) is 10.9. The first-order chi connectivity index (χ1) is 15.6. The molecular weight excluding hydrogens is 408 g/mol. The molecule has 2 heterocycles. The lowest BCUT2D eigenvalue weighted by molar-refractivity contribution is 0.0953. The summed E-state index contributed by atoms with van der Waals surface area (Å²) < 4.78 is 5.96. The Morgan fingerprint density at radius 2 is 1.94 bits per heavy atom. The topological polar surface area (TPSA) is 64.4 Å². The molecule has 33 heavy (non-hydrogen) atoms. The van der Waals surface area contributed by atoms with Gasteiger partial charge in [-0.25, -0.2) is 10.1 Å². The van der Waals surface area contributed by atoms with Crippen LogP contribution >= 0.6 is 0 Å². The van der Waals surface area contributed by atoms with Crippen LogP contribution in [0, 0.1) is 34.6 Å². The van der Waals surface area contributed by atoms with E-state index in [-0.39, 0.29) is 22.4 Å². The number of nitrogens with zero attached hydrogens (tertiary/aromatic N) is 4. The summed E-state index contributed by atoms with van der Waals surface area (Å²) in [6.07, 6.45) is 8.40. The molecule has 166 valence electrons. The van der Waals surface area contributed by atoms with Crippen molar-refractivity contribution in [1.29, 1.82) is 10.5 Å². The van der Waals surface area contributed by atoms with Gasteiger partial charge < -0.3 is 9.64 Å². The monoisotopic (exact) mass is 436 g/mol. The van der Waals surface area contributed by atoms with Crippen molar-refractivity contribution in [1.82, 2.24) is 0 Å². The van der Waals surface area contributed by atoms with Gasteiger partial charge in [-0.3, -0.25) is 0 Å². The molecule has 0 unspecified atom stereocenters. The van der Waals surface area contributed by atoms with Gasteiger partial charge in [-0.1, -0.05) is 45.0 Å². The Kier molecular flexibility index (Phi) is 6.34. The summed E-state index contributed by atoms with van der Waals surface area (Å²) >= 11 is 0. The number of likely N-dealkylation sites (N-methyl/N-ethyl adjacent to an activating group) is 1. The van der Waals surface area contributed by atoms with E-state index in [1.807, 2.05) is 38.1 Å². The molecule has 3 rings (SSSR count). The summed E-state index contributed by atoms with van der Waals surface area (Å²) in [5.41, 5.74) is 4.01. The van der Waals surface area contributed by atoms with Crippen LogP contribution < -0.4 is 4.90 Å². The number of anilines is 1. The standard InChI is InChI=1S/C28H28N4O/c1-8-32-20(13-14-27(2,3)4)15-19(21-11-9-10-12-25(21)32)16-23-22(17-29)26(24(18-30)31-7)33-28(23,5)6/h9-16H,8H2,1-6H3/b14-13+,19-16+,26-24-. The quantitative estimate of drug-likeness (QED) is 0.392. The van der Waals surface area contributed by atoms with E-state index in [1.165, 1.54) is 0 Å². The molecule has 2 aliphatic heterocycles. The second-order valence-electron chi connectivity index (χ2n) is 9.54. The van der Waals surface area contributed by atoms with E-state index in [1.54, 1.807) is 0 Å². The molecule has 1 aromatic carbocycles. The highest BCUT2D eigenvalue weighted by Gasteiger charge is 2.39. The average Bonchev–Trinajstić information content (AvgIpc) is 3.02. The molecule has 2 aliphatic rings. The molecule has 0 saturated heterocycles. The molecule has 0 aliphatic carbocycles. The van der Waals surface area contributed by atoms with Crippen LogP contribution in [0.1, 0.15) is 47.1 Å². The van der Waals surface area contributed by atoms with Crippen molar-refractivity contribution in [2.24, 2.45) is 5.41 Å². The normalized spacial score (nSPS) is 20.0. The van der Waals surface area contributed by atoms with E-state index < -0.39 is 5.60 Å². The van der Waals surface area contributed by atoms with Crippen LogP contribution in [0.4, 0.5) is 5.69 Å². The molecule has 5 nitrogen and oxygen atoms in total. The number of benzene rings is 1. The van der Waals surface area contributed by atoms with Gasteiger partial charge in [0.15, 0.2) is 5.76 Å².